The summed E-state index contributed by atoms with van der Waals surface area (Å²) >= 11 is 12.5. The molecule has 0 spiro atoms. The minimum absolute atomic E-state index is 0.544. The van der Waals surface area contributed by atoms with Crippen LogP contribution in [0.2, 0.25) is 10.0 Å². The second-order valence-corrected chi connectivity index (χ2v) is 5.90. The highest BCUT2D eigenvalue weighted by atomic mass is 35.5. The van der Waals surface area contributed by atoms with E-state index in [0.717, 1.165) is 11.6 Å². The number of hydrogen-bond acceptors (Lipinski definition) is 1. The smallest absolute Gasteiger partial charge is 0.0627 e. The zero-order valence-electron chi connectivity index (χ0n) is 10.9. The van der Waals surface area contributed by atoms with Gasteiger partial charge in [0.05, 0.1) is 10.0 Å². The molecule has 0 aliphatic heterocycles. The van der Waals surface area contributed by atoms with E-state index in [1.807, 2.05) is 12.1 Å². The molecule has 1 N–H and O–H groups in total. The fraction of sp³-hybridized carbons (Fsp3) is 0.600. The first-order valence-electron chi connectivity index (χ1n) is 6.89. The molecule has 1 nitrogen and oxygen atoms in total. The number of halogens is 2. The van der Waals surface area contributed by atoms with Crippen molar-refractivity contribution in [3.63, 3.8) is 0 Å². The lowest BCUT2D eigenvalue weighted by atomic mass is 9.90. The Hall–Kier alpha value is -0.240. The predicted molar refractivity (Wildman–Crippen MR) is 79.8 cm³/mol. The van der Waals surface area contributed by atoms with E-state index >= 15 is 0 Å². The Bertz CT molecular complexity index is 392. The summed E-state index contributed by atoms with van der Waals surface area (Å²) in [5, 5.41) is 5.01. The third-order valence-electron chi connectivity index (χ3n) is 3.84. The zero-order valence-corrected chi connectivity index (χ0v) is 12.4. The second-order valence-electron chi connectivity index (χ2n) is 5.11. The van der Waals surface area contributed by atoms with Crippen molar-refractivity contribution in [3.05, 3.63) is 33.8 Å². The molecule has 18 heavy (non-hydrogen) atoms. The molecule has 1 saturated carbocycles. The Morgan fingerprint density at radius 3 is 2.78 bits per heavy atom. The molecule has 1 aliphatic rings. The van der Waals surface area contributed by atoms with E-state index in [4.69, 9.17) is 23.2 Å². The average Bonchev–Trinajstić information content (AvgIpc) is 2.59. The number of hydrogen-bond donors (Lipinski definition) is 1. The fourth-order valence-electron chi connectivity index (χ4n) is 2.95. The maximum Gasteiger partial charge on any atom is 0.0627 e. The van der Waals surface area contributed by atoms with Crippen LogP contribution in [0.3, 0.4) is 0 Å². The first kappa shape index (κ1) is 14.2. The van der Waals surface area contributed by atoms with Gasteiger partial charge in [-0.2, -0.15) is 0 Å². The minimum atomic E-state index is 0.544. The summed E-state index contributed by atoms with van der Waals surface area (Å²) in [5.41, 5.74) is 1.23. The van der Waals surface area contributed by atoms with E-state index in [9.17, 15) is 0 Å². The molecule has 2 unspecified atom stereocenters. The summed E-state index contributed by atoms with van der Waals surface area (Å²) in [4.78, 5) is 0. The van der Waals surface area contributed by atoms with Gasteiger partial charge < -0.3 is 5.32 Å². The normalized spacial score (nSPS) is 24.8. The van der Waals surface area contributed by atoms with Gasteiger partial charge in [0.2, 0.25) is 0 Å². The highest BCUT2D eigenvalue weighted by molar-refractivity contribution is 6.42. The SMILES string of the molecule is CCNC1CCCCC(c2cccc(Cl)c2Cl)C1. The van der Waals surface area contributed by atoms with Crippen molar-refractivity contribution < 1.29 is 0 Å². The Morgan fingerprint density at radius 1 is 1.22 bits per heavy atom. The highest BCUT2D eigenvalue weighted by Gasteiger charge is 2.23. The molecule has 0 amide bonds. The van der Waals surface area contributed by atoms with Crippen LogP contribution < -0.4 is 5.32 Å². The van der Waals surface area contributed by atoms with Crippen molar-refractivity contribution in [3.8, 4) is 0 Å². The Kier molecular flexibility index (Phi) is 5.35. The highest BCUT2D eigenvalue weighted by Crippen LogP contribution is 2.38. The van der Waals surface area contributed by atoms with Crippen LogP contribution in [0.1, 0.15) is 50.5 Å². The van der Waals surface area contributed by atoms with Crippen molar-refractivity contribution in [2.24, 2.45) is 0 Å². The molecular formula is C15H21Cl2N. The quantitative estimate of drug-likeness (QED) is 0.769. The van der Waals surface area contributed by atoms with Crippen LogP contribution in [0.4, 0.5) is 0 Å². The lowest BCUT2D eigenvalue weighted by Crippen LogP contribution is -2.29. The summed E-state index contributed by atoms with van der Waals surface area (Å²) in [6.45, 7) is 3.22. The van der Waals surface area contributed by atoms with Gasteiger partial charge in [0, 0.05) is 6.04 Å². The first-order valence-corrected chi connectivity index (χ1v) is 7.65. The van der Waals surface area contributed by atoms with Crippen LogP contribution >= 0.6 is 23.2 Å². The van der Waals surface area contributed by atoms with Gasteiger partial charge >= 0.3 is 0 Å². The Labute approximate surface area is 120 Å². The molecule has 1 aliphatic carbocycles. The van der Waals surface area contributed by atoms with Crippen LogP contribution in [-0.4, -0.2) is 12.6 Å². The molecular weight excluding hydrogens is 265 g/mol. The predicted octanol–water partition coefficient (Wildman–Crippen LogP) is 5.02. The summed E-state index contributed by atoms with van der Waals surface area (Å²) in [5.74, 6) is 0.544. The standard InChI is InChI=1S/C15H21Cl2N/c1-2-18-12-7-4-3-6-11(10-12)13-8-5-9-14(16)15(13)17/h5,8-9,11-12,18H,2-4,6-7,10H2,1H3. The molecule has 0 aromatic heterocycles. The molecule has 1 fully saturated rings. The molecule has 0 heterocycles. The minimum Gasteiger partial charge on any atom is -0.314 e. The van der Waals surface area contributed by atoms with Gasteiger partial charge in [0.15, 0.2) is 0 Å². The lowest BCUT2D eigenvalue weighted by molar-refractivity contribution is 0.449. The number of nitrogens with one attached hydrogen (secondary N) is 1. The maximum absolute atomic E-state index is 6.35. The van der Waals surface area contributed by atoms with Crippen LogP contribution in [-0.2, 0) is 0 Å². The molecule has 3 heteroatoms. The van der Waals surface area contributed by atoms with Gasteiger partial charge in [-0.15, -0.1) is 0 Å². The van der Waals surface area contributed by atoms with E-state index in [2.05, 4.69) is 18.3 Å². The zero-order chi connectivity index (χ0) is 13.0. The van der Waals surface area contributed by atoms with Crippen molar-refractivity contribution in [1.82, 2.24) is 5.32 Å². The summed E-state index contributed by atoms with van der Waals surface area (Å²) in [6.07, 6.45) is 6.28. The Morgan fingerprint density at radius 2 is 2.00 bits per heavy atom. The van der Waals surface area contributed by atoms with Gasteiger partial charge in [-0.3, -0.25) is 0 Å². The van der Waals surface area contributed by atoms with Crippen molar-refractivity contribution in [2.75, 3.05) is 6.54 Å². The van der Waals surface area contributed by atoms with Crippen LogP contribution in [0.5, 0.6) is 0 Å². The maximum atomic E-state index is 6.35. The Balaban J connectivity index is 2.17. The van der Waals surface area contributed by atoms with Gasteiger partial charge in [-0.1, -0.05) is 55.1 Å². The summed E-state index contributed by atoms with van der Waals surface area (Å²) in [7, 11) is 0. The van der Waals surface area contributed by atoms with Crippen molar-refractivity contribution in [2.45, 2.75) is 51.0 Å². The molecule has 0 bridgehead atoms. The van der Waals surface area contributed by atoms with Crippen molar-refractivity contribution >= 4 is 23.2 Å². The van der Waals surface area contributed by atoms with E-state index in [0.29, 0.717) is 17.0 Å². The van der Waals surface area contributed by atoms with Gasteiger partial charge in [-0.05, 0) is 43.4 Å². The van der Waals surface area contributed by atoms with Gasteiger partial charge in [-0.25, -0.2) is 0 Å². The molecule has 2 atom stereocenters. The molecule has 0 saturated heterocycles. The van der Waals surface area contributed by atoms with Gasteiger partial charge in [0.25, 0.3) is 0 Å². The molecule has 1 aromatic rings. The number of rotatable bonds is 3. The average molecular weight is 286 g/mol. The molecule has 2 rings (SSSR count). The third-order valence-corrected chi connectivity index (χ3v) is 4.67. The van der Waals surface area contributed by atoms with Crippen LogP contribution in [0, 0.1) is 0 Å². The second kappa shape index (κ2) is 6.79. The first-order chi connectivity index (χ1) is 8.72. The largest absolute Gasteiger partial charge is 0.314 e. The van der Waals surface area contributed by atoms with Crippen LogP contribution in [0.15, 0.2) is 18.2 Å². The van der Waals surface area contributed by atoms with Crippen molar-refractivity contribution in [1.29, 1.82) is 0 Å². The third kappa shape index (κ3) is 3.40. The molecule has 1 aromatic carbocycles. The van der Waals surface area contributed by atoms with E-state index in [1.54, 1.807) is 0 Å². The summed E-state index contributed by atoms with van der Waals surface area (Å²) in [6, 6.07) is 6.63. The fourth-order valence-corrected chi connectivity index (χ4v) is 3.42. The van der Waals surface area contributed by atoms with E-state index in [-0.39, 0.29) is 0 Å². The van der Waals surface area contributed by atoms with E-state index < -0.39 is 0 Å². The van der Waals surface area contributed by atoms with Crippen LogP contribution in [0.25, 0.3) is 0 Å². The monoisotopic (exact) mass is 285 g/mol. The molecule has 100 valence electrons. The van der Waals surface area contributed by atoms with Gasteiger partial charge in [0.1, 0.15) is 0 Å². The topological polar surface area (TPSA) is 12.0 Å². The summed E-state index contributed by atoms with van der Waals surface area (Å²) < 4.78 is 0. The lowest BCUT2D eigenvalue weighted by Gasteiger charge is -2.22. The van der Waals surface area contributed by atoms with E-state index in [1.165, 1.54) is 37.7 Å². The number of benzene rings is 1. The molecule has 0 radical (unpaired) electrons.